The molecular formula is C10H2F6O2. The highest BCUT2D eigenvalue weighted by atomic mass is 19.2. The van der Waals surface area contributed by atoms with Crippen molar-refractivity contribution >= 4 is 10.8 Å². The highest BCUT2D eigenvalue weighted by Crippen LogP contribution is 2.39. The minimum atomic E-state index is -2.18. The maximum Gasteiger partial charge on any atom is 0.204 e. The van der Waals surface area contributed by atoms with Crippen LogP contribution in [0.25, 0.3) is 10.8 Å². The van der Waals surface area contributed by atoms with E-state index in [9.17, 15) is 26.3 Å². The van der Waals surface area contributed by atoms with Crippen molar-refractivity contribution in [1.82, 2.24) is 0 Å². The Morgan fingerprint density at radius 1 is 0.444 bits per heavy atom. The van der Waals surface area contributed by atoms with Crippen LogP contribution in [0.1, 0.15) is 0 Å². The van der Waals surface area contributed by atoms with E-state index in [1.807, 2.05) is 0 Å². The van der Waals surface area contributed by atoms with E-state index >= 15 is 0 Å². The van der Waals surface area contributed by atoms with Crippen LogP contribution in [0.3, 0.4) is 0 Å². The summed E-state index contributed by atoms with van der Waals surface area (Å²) in [6.45, 7) is 0. The fourth-order valence-corrected chi connectivity index (χ4v) is 1.49. The summed E-state index contributed by atoms with van der Waals surface area (Å²) in [6.07, 6.45) is 0. The van der Waals surface area contributed by atoms with Crippen LogP contribution in [0.15, 0.2) is 0 Å². The molecule has 0 spiro atoms. The molecule has 0 aliphatic rings. The Hall–Kier alpha value is -2.12. The van der Waals surface area contributed by atoms with Crippen LogP contribution in [0, 0.1) is 34.9 Å². The molecule has 0 fully saturated rings. The first-order chi connectivity index (χ1) is 8.29. The molecule has 0 saturated heterocycles. The Morgan fingerprint density at radius 3 is 1.00 bits per heavy atom. The zero-order valence-electron chi connectivity index (χ0n) is 8.16. The second-order valence-corrected chi connectivity index (χ2v) is 3.33. The van der Waals surface area contributed by atoms with Gasteiger partial charge < -0.3 is 10.2 Å². The monoisotopic (exact) mass is 268 g/mol. The second kappa shape index (κ2) is 3.69. The van der Waals surface area contributed by atoms with Gasteiger partial charge in [0.15, 0.2) is 34.8 Å². The molecule has 0 aliphatic heterocycles. The van der Waals surface area contributed by atoms with E-state index in [-0.39, 0.29) is 0 Å². The third kappa shape index (κ3) is 1.31. The van der Waals surface area contributed by atoms with Crippen LogP contribution >= 0.6 is 0 Å². The summed E-state index contributed by atoms with van der Waals surface area (Å²) in [4.78, 5) is 0. The number of phenols is 2. The third-order valence-corrected chi connectivity index (χ3v) is 2.34. The maximum atomic E-state index is 13.3. The van der Waals surface area contributed by atoms with Crippen LogP contribution in [-0.4, -0.2) is 10.2 Å². The van der Waals surface area contributed by atoms with E-state index in [4.69, 9.17) is 10.2 Å². The van der Waals surface area contributed by atoms with Gasteiger partial charge in [0.25, 0.3) is 0 Å². The first-order valence-electron chi connectivity index (χ1n) is 4.33. The summed E-state index contributed by atoms with van der Waals surface area (Å²) in [5.41, 5.74) is 0. The highest BCUT2D eigenvalue weighted by Gasteiger charge is 2.29. The standard InChI is InChI=1S/C10H2F6O2/c11-3-1-2(6(14)10(18)7(3)15)4(12)8(16)9(17)5(1)13/h17-18H. The SMILES string of the molecule is Oc1c(F)c(F)c2c(F)c(O)c(F)c(F)c2c1F. The molecule has 2 N–H and O–H groups in total. The van der Waals surface area contributed by atoms with E-state index in [1.165, 1.54) is 0 Å². The largest absolute Gasteiger partial charge is 0.503 e. The number of phenolic OH excluding ortho intramolecular Hbond substituents is 2. The Labute approximate surface area is 94.7 Å². The molecule has 0 amide bonds. The highest BCUT2D eigenvalue weighted by molar-refractivity contribution is 5.88. The van der Waals surface area contributed by atoms with Crippen LogP contribution in [0.5, 0.6) is 11.5 Å². The quantitative estimate of drug-likeness (QED) is 0.569. The van der Waals surface area contributed by atoms with Crippen molar-refractivity contribution in [2.75, 3.05) is 0 Å². The molecule has 2 nitrogen and oxygen atoms in total. The number of rotatable bonds is 0. The number of benzene rings is 2. The van der Waals surface area contributed by atoms with Crippen molar-refractivity contribution in [3.05, 3.63) is 34.9 Å². The predicted octanol–water partition coefficient (Wildman–Crippen LogP) is 3.09. The lowest BCUT2D eigenvalue weighted by Crippen LogP contribution is -2.01. The molecule has 0 aromatic heterocycles. The van der Waals surface area contributed by atoms with Crippen LogP contribution in [0.4, 0.5) is 26.3 Å². The van der Waals surface area contributed by atoms with Crippen molar-refractivity contribution in [2.45, 2.75) is 0 Å². The van der Waals surface area contributed by atoms with E-state index in [2.05, 4.69) is 0 Å². The molecule has 0 atom stereocenters. The molecule has 2 aromatic rings. The molecule has 0 saturated carbocycles. The lowest BCUT2D eigenvalue weighted by molar-refractivity contribution is 0.367. The molecule has 2 aromatic carbocycles. The number of fused-ring (bicyclic) bond motifs is 1. The predicted molar refractivity (Wildman–Crippen MR) is 47.0 cm³/mol. The van der Waals surface area contributed by atoms with E-state index in [1.54, 1.807) is 0 Å². The van der Waals surface area contributed by atoms with Crippen molar-refractivity contribution in [2.24, 2.45) is 0 Å². The maximum absolute atomic E-state index is 13.3. The van der Waals surface area contributed by atoms with Gasteiger partial charge in [-0.2, -0.15) is 8.78 Å². The van der Waals surface area contributed by atoms with E-state index < -0.39 is 57.2 Å². The summed E-state index contributed by atoms with van der Waals surface area (Å²) < 4.78 is 78.9. The lowest BCUT2D eigenvalue weighted by Gasteiger charge is -2.09. The molecule has 0 aliphatic carbocycles. The zero-order chi connectivity index (χ0) is 13.8. The minimum absolute atomic E-state index is 1.63. The van der Waals surface area contributed by atoms with Gasteiger partial charge >= 0.3 is 0 Å². The van der Waals surface area contributed by atoms with E-state index in [0.29, 0.717) is 0 Å². The normalized spacial score (nSPS) is 11.2. The van der Waals surface area contributed by atoms with Gasteiger partial charge in [-0.05, 0) is 0 Å². The average Bonchev–Trinajstić information content (AvgIpc) is 2.35. The fraction of sp³-hybridized carbons (Fsp3) is 0. The van der Waals surface area contributed by atoms with Gasteiger partial charge in [-0.15, -0.1) is 0 Å². The number of halogens is 6. The molecule has 0 radical (unpaired) electrons. The summed E-state index contributed by atoms with van der Waals surface area (Å²) in [7, 11) is 0. The summed E-state index contributed by atoms with van der Waals surface area (Å²) >= 11 is 0. The van der Waals surface area contributed by atoms with Gasteiger partial charge in [-0.3, -0.25) is 0 Å². The Kier molecular flexibility index (Phi) is 2.53. The topological polar surface area (TPSA) is 40.5 Å². The molecule has 96 valence electrons. The van der Waals surface area contributed by atoms with E-state index in [0.717, 1.165) is 0 Å². The molecule has 0 bridgehead atoms. The number of aromatic hydroxyl groups is 2. The van der Waals surface area contributed by atoms with Crippen LogP contribution in [0.2, 0.25) is 0 Å². The van der Waals surface area contributed by atoms with Gasteiger partial charge in [0.05, 0.1) is 10.8 Å². The van der Waals surface area contributed by atoms with Crippen molar-refractivity contribution in [3.63, 3.8) is 0 Å². The van der Waals surface area contributed by atoms with Gasteiger partial charge in [-0.25, -0.2) is 17.6 Å². The first-order valence-corrected chi connectivity index (χ1v) is 4.33. The van der Waals surface area contributed by atoms with Crippen molar-refractivity contribution < 1.29 is 36.6 Å². The zero-order valence-corrected chi connectivity index (χ0v) is 8.16. The summed E-state index contributed by atoms with van der Waals surface area (Å²) in [5, 5.41) is 14.3. The first kappa shape index (κ1) is 12.3. The number of hydrogen-bond donors (Lipinski definition) is 2. The molecule has 0 unspecified atom stereocenters. The molecule has 0 heterocycles. The van der Waals surface area contributed by atoms with Gasteiger partial charge in [0.2, 0.25) is 11.6 Å². The van der Waals surface area contributed by atoms with Gasteiger partial charge in [0.1, 0.15) is 0 Å². The van der Waals surface area contributed by atoms with Crippen LogP contribution < -0.4 is 0 Å². The fourth-order valence-electron chi connectivity index (χ4n) is 1.49. The average molecular weight is 268 g/mol. The lowest BCUT2D eigenvalue weighted by atomic mass is 10.1. The smallest absolute Gasteiger partial charge is 0.204 e. The van der Waals surface area contributed by atoms with Crippen molar-refractivity contribution in [3.8, 4) is 11.5 Å². The Balaban J connectivity index is 3.22. The second-order valence-electron chi connectivity index (χ2n) is 3.33. The molecular weight excluding hydrogens is 266 g/mol. The van der Waals surface area contributed by atoms with Crippen molar-refractivity contribution in [1.29, 1.82) is 0 Å². The van der Waals surface area contributed by atoms with Gasteiger partial charge in [0, 0.05) is 0 Å². The summed E-state index contributed by atoms with van der Waals surface area (Å²) in [5.74, 6) is -16.6. The Morgan fingerprint density at radius 2 is 0.722 bits per heavy atom. The summed E-state index contributed by atoms with van der Waals surface area (Å²) in [6, 6.07) is 0. The molecule has 2 rings (SSSR count). The molecule has 18 heavy (non-hydrogen) atoms. The minimum Gasteiger partial charge on any atom is -0.503 e. The Bertz CT molecular complexity index is 569. The third-order valence-electron chi connectivity index (χ3n) is 2.34. The number of hydrogen-bond acceptors (Lipinski definition) is 2. The van der Waals surface area contributed by atoms with Gasteiger partial charge in [-0.1, -0.05) is 0 Å². The molecule has 8 heteroatoms. The van der Waals surface area contributed by atoms with Crippen LogP contribution in [-0.2, 0) is 0 Å².